The zero-order chi connectivity index (χ0) is 22.9. The molecule has 0 bridgehead atoms. The minimum Gasteiger partial charge on any atom is -0.377 e. The number of pyridine rings is 1. The monoisotopic (exact) mass is 450 g/mol. The van der Waals surface area contributed by atoms with Crippen molar-refractivity contribution in [2.75, 3.05) is 30.3 Å². The third kappa shape index (κ3) is 4.18. The van der Waals surface area contributed by atoms with Gasteiger partial charge in [0.15, 0.2) is 18.9 Å². The summed E-state index contributed by atoms with van der Waals surface area (Å²) in [7, 11) is 3.89. The van der Waals surface area contributed by atoms with Gasteiger partial charge in [-0.05, 0) is 30.3 Å². The van der Waals surface area contributed by atoms with Crippen LogP contribution in [0.25, 0.3) is 11.0 Å². The number of hydrogen-bond acceptors (Lipinski definition) is 4. The highest BCUT2D eigenvalue weighted by molar-refractivity contribution is 7.92. The van der Waals surface area contributed by atoms with Gasteiger partial charge in [-0.3, -0.25) is 4.31 Å². The Labute approximate surface area is 189 Å². The molecule has 0 unspecified atom stereocenters. The maximum atomic E-state index is 13.1. The average Bonchev–Trinajstić information content (AvgIpc) is 3.12. The number of nitrogens with zero attached hydrogens (tertiary/aromatic N) is 5. The van der Waals surface area contributed by atoms with Crippen LogP contribution in [0.4, 0.5) is 11.4 Å². The molecule has 7 nitrogen and oxygen atoms in total. The Kier molecular flexibility index (Phi) is 5.88. The Balaban J connectivity index is 1.58. The first kappa shape index (κ1) is 21.8. The number of rotatable bonds is 7. The summed E-state index contributed by atoms with van der Waals surface area (Å²) in [5.74, 6) is 0.912. The van der Waals surface area contributed by atoms with Gasteiger partial charge in [-0.1, -0.05) is 18.2 Å². The normalized spacial score (nSPS) is 11.6. The maximum Gasteiger partial charge on any atom is 0.264 e. The van der Waals surface area contributed by atoms with Crippen LogP contribution in [-0.4, -0.2) is 39.1 Å². The van der Waals surface area contributed by atoms with Gasteiger partial charge in [0, 0.05) is 46.0 Å². The lowest BCUT2D eigenvalue weighted by molar-refractivity contribution is -0.696. The van der Waals surface area contributed by atoms with Crippen LogP contribution in [0, 0.1) is 0 Å². The summed E-state index contributed by atoms with van der Waals surface area (Å²) >= 11 is 0. The Bertz CT molecular complexity index is 1330. The Morgan fingerprint density at radius 1 is 0.938 bits per heavy atom. The number of benzene rings is 2. The molecule has 0 spiro atoms. The van der Waals surface area contributed by atoms with Crippen molar-refractivity contribution in [3.8, 4) is 0 Å². The van der Waals surface area contributed by atoms with E-state index in [0.717, 1.165) is 30.0 Å². The van der Waals surface area contributed by atoms with Gasteiger partial charge >= 0.3 is 0 Å². The summed E-state index contributed by atoms with van der Waals surface area (Å²) in [6.07, 6.45) is 4.85. The van der Waals surface area contributed by atoms with E-state index in [-0.39, 0.29) is 4.90 Å². The Morgan fingerprint density at radius 2 is 1.62 bits per heavy atom. The highest BCUT2D eigenvalue weighted by Crippen LogP contribution is 2.25. The summed E-state index contributed by atoms with van der Waals surface area (Å²) < 4.78 is 31.7. The Morgan fingerprint density at radius 3 is 2.28 bits per heavy atom. The van der Waals surface area contributed by atoms with Crippen molar-refractivity contribution < 1.29 is 13.0 Å². The highest BCUT2D eigenvalue weighted by atomic mass is 32.2. The summed E-state index contributed by atoms with van der Waals surface area (Å²) in [6, 6.07) is 18.4. The van der Waals surface area contributed by atoms with Gasteiger partial charge in [-0.2, -0.15) is 0 Å². The van der Waals surface area contributed by atoms with Gasteiger partial charge in [-0.25, -0.2) is 18.0 Å². The van der Waals surface area contributed by atoms with Gasteiger partial charge in [0.25, 0.3) is 10.0 Å². The van der Waals surface area contributed by atoms with Gasteiger partial charge in [-0.15, -0.1) is 0 Å². The van der Waals surface area contributed by atoms with Crippen molar-refractivity contribution in [2.24, 2.45) is 7.05 Å². The third-order valence-corrected chi connectivity index (χ3v) is 7.49. The number of aryl methyl sites for hydroxylation is 3. The number of hydrogen-bond donors (Lipinski definition) is 0. The predicted octanol–water partition coefficient (Wildman–Crippen LogP) is 2.99. The van der Waals surface area contributed by atoms with Gasteiger partial charge in [0.1, 0.15) is 5.82 Å². The topological polar surface area (TPSA) is 62.3 Å². The summed E-state index contributed by atoms with van der Waals surface area (Å²) in [5.41, 5.74) is 3.36. The first-order valence-electron chi connectivity index (χ1n) is 10.4. The van der Waals surface area contributed by atoms with E-state index in [2.05, 4.69) is 34.0 Å². The molecule has 4 aromatic rings. The van der Waals surface area contributed by atoms with Crippen molar-refractivity contribution in [2.45, 2.75) is 17.9 Å². The van der Waals surface area contributed by atoms with E-state index in [1.807, 2.05) is 50.0 Å². The second-order valence-electron chi connectivity index (χ2n) is 7.98. The van der Waals surface area contributed by atoms with Crippen molar-refractivity contribution >= 4 is 32.4 Å². The maximum absolute atomic E-state index is 13.1. The molecule has 32 heavy (non-hydrogen) atoms. The molecule has 2 heterocycles. The molecule has 0 N–H and O–H groups in total. The number of aromatic nitrogens is 3. The van der Waals surface area contributed by atoms with E-state index in [0.29, 0.717) is 11.2 Å². The van der Waals surface area contributed by atoms with Crippen molar-refractivity contribution in [1.29, 1.82) is 0 Å². The largest absolute Gasteiger partial charge is 0.377 e. The SMILES string of the molecule is CN(C)c1cc[n+](CCc2nc3cc(S(=O)(=O)N(C)c4ccccc4)ccc3n2C)cc1. The molecule has 8 heteroatoms. The molecule has 0 fully saturated rings. The van der Waals surface area contributed by atoms with Gasteiger partial charge < -0.3 is 9.47 Å². The van der Waals surface area contributed by atoms with Crippen LogP contribution in [0.5, 0.6) is 0 Å². The van der Waals surface area contributed by atoms with E-state index < -0.39 is 10.0 Å². The molecule has 0 aliphatic rings. The molecule has 0 radical (unpaired) electrons. The summed E-state index contributed by atoms with van der Waals surface area (Å²) in [4.78, 5) is 7.04. The van der Waals surface area contributed by atoms with Crippen LogP contribution in [0.2, 0.25) is 0 Å². The van der Waals surface area contributed by atoms with Gasteiger partial charge in [0.2, 0.25) is 0 Å². The second kappa shape index (κ2) is 8.63. The number of sulfonamides is 1. The molecule has 0 saturated carbocycles. The first-order valence-corrected chi connectivity index (χ1v) is 11.9. The van der Waals surface area contributed by atoms with Crippen molar-refractivity contribution in [3.63, 3.8) is 0 Å². The van der Waals surface area contributed by atoms with E-state index in [1.54, 1.807) is 31.3 Å². The lowest BCUT2D eigenvalue weighted by atomic mass is 10.3. The molecule has 0 saturated heterocycles. The fourth-order valence-corrected chi connectivity index (χ4v) is 4.89. The van der Waals surface area contributed by atoms with E-state index in [4.69, 9.17) is 4.98 Å². The lowest BCUT2D eigenvalue weighted by Gasteiger charge is -2.19. The van der Waals surface area contributed by atoms with E-state index in [9.17, 15) is 8.42 Å². The predicted molar refractivity (Wildman–Crippen MR) is 127 cm³/mol. The molecule has 4 rings (SSSR count). The fraction of sp³-hybridized carbons (Fsp3) is 0.250. The average molecular weight is 451 g/mol. The molecular formula is C24H28N5O2S+. The molecule has 0 atom stereocenters. The molecule has 166 valence electrons. The van der Waals surface area contributed by atoms with Crippen LogP contribution in [-0.2, 0) is 30.0 Å². The van der Waals surface area contributed by atoms with Crippen LogP contribution in [0.1, 0.15) is 5.82 Å². The van der Waals surface area contributed by atoms with Crippen molar-refractivity contribution in [1.82, 2.24) is 9.55 Å². The molecule has 0 aliphatic heterocycles. The first-order chi connectivity index (χ1) is 15.3. The molecule has 0 amide bonds. The van der Waals surface area contributed by atoms with E-state index in [1.165, 1.54) is 4.31 Å². The minimum atomic E-state index is -3.68. The molecular weight excluding hydrogens is 422 g/mol. The highest BCUT2D eigenvalue weighted by Gasteiger charge is 2.22. The minimum absolute atomic E-state index is 0.231. The van der Waals surface area contributed by atoms with Gasteiger partial charge in [0.05, 0.1) is 28.0 Å². The quantitative estimate of drug-likeness (QED) is 0.406. The molecule has 2 aromatic carbocycles. The van der Waals surface area contributed by atoms with Crippen LogP contribution in [0.15, 0.2) is 78.0 Å². The zero-order valence-electron chi connectivity index (χ0n) is 18.8. The summed E-state index contributed by atoms with van der Waals surface area (Å²) in [6.45, 7) is 0.784. The molecule has 2 aromatic heterocycles. The Hall–Kier alpha value is -3.39. The number of para-hydroxylation sites is 1. The van der Waals surface area contributed by atoms with Crippen LogP contribution < -0.4 is 13.8 Å². The lowest BCUT2D eigenvalue weighted by Crippen LogP contribution is -2.34. The number of fused-ring (bicyclic) bond motifs is 1. The van der Waals surface area contributed by atoms with Crippen LogP contribution >= 0.6 is 0 Å². The van der Waals surface area contributed by atoms with Crippen molar-refractivity contribution in [3.05, 3.63) is 78.9 Å². The third-order valence-electron chi connectivity index (χ3n) is 5.71. The fourth-order valence-electron chi connectivity index (χ4n) is 3.67. The van der Waals surface area contributed by atoms with E-state index >= 15 is 0 Å². The molecule has 0 aliphatic carbocycles. The zero-order valence-corrected chi connectivity index (χ0v) is 19.6. The number of imidazole rings is 1. The number of anilines is 2. The summed E-state index contributed by atoms with van der Waals surface area (Å²) in [5, 5.41) is 0. The van der Waals surface area contributed by atoms with Crippen LogP contribution in [0.3, 0.4) is 0 Å². The smallest absolute Gasteiger partial charge is 0.264 e. The second-order valence-corrected chi connectivity index (χ2v) is 9.95. The standard InChI is InChI=1S/C24H28N5O2S/c1-26(2)19-12-15-29(16-13-19)17-14-24-25-22-18-21(10-11-23(22)27(24)3)32(30,31)28(4)20-8-6-5-7-9-20/h5-13,15-16,18H,14,17H2,1-4H3/q+1.